The number of nitrogens with zero attached hydrogens (tertiary/aromatic N) is 1. The largest absolute Gasteiger partial charge is 0.352 e. The molecule has 0 aliphatic carbocycles. The highest BCUT2D eigenvalue weighted by Gasteiger charge is 2.17. The second-order valence-electron chi connectivity index (χ2n) is 5.09. The first kappa shape index (κ1) is 15.6. The average molecular weight is 263 g/mol. The minimum absolute atomic E-state index is 0.0573. The molecule has 0 saturated heterocycles. The molecule has 0 bridgehead atoms. The van der Waals surface area contributed by atoms with Gasteiger partial charge in [-0.3, -0.25) is 15.1 Å². The molecule has 0 aliphatic rings. The van der Waals surface area contributed by atoms with Gasteiger partial charge in [0.1, 0.15) is 0 Å². The van der Waals surface area contributed by atoms with E-state index in [0.717, 1.165) is 18.4 Å². The summed E-state index contributed by atoms with van der Waals surface area (Å²) in [5.74, 6) is 0.0573. The predicted molar refractivity (Wildman–Crippen MR) is 77.8 cm³/mol. The fourth-order valence-corrected chi connectivity index (χ4v) is 2.07. The number of carbonyl (C=O) groups is 1. The van der Waals surface area contributed by atoms with Crippen molar-refractivity contribution < 1.29 is 4.79 Å². The monoisotopic (exact) mass is 263 g/mol. The van der Waals surface area contributed by atoms with Gasteiger partial charge in [0.05, 0.1) is 6.04 Å². The van der Waals surface area contributed by atoms with Crippen LogP contribution in [0.25, 0.3) is 0 Å². The summed E-state index contributed by atoms with van der Waals surface area (Å²) < 4.78 is 0. The summed E-state index contributed by atoms with van der Waals surface area (Å²) in [6.07, 6.45) is 5.62. The van der Waals surface area contributed by atoms with Crippen LogP contribution in [0.5, 0.6) is 0 Å². The lowest BCUT2D eigenvalue weighted by atomic mass is 10.1. The van der Waals surface area contributed by atoms with Gasteiger partial charge in [-0.1, -0.05) is 13.3 Å². The summed E-state index contributed by atoms with van der Waals surface area (Å²) in [7, 11) is 0. The van der Waals surface area contributed by atoms with E-state index in [1.165, 1.54) is 0 Å². The molecule has 4 heteroatoms. The van der Waals surface area contributed by atoms with Gasteiger partial charge in [-0.15, -0.1) is 0 Å². The van der Waals surface area contributed by atoms with Gasteiger partial charge >= 0.3 is 0 Å². The second kappa shape index (κ2) is 7.89. The molecule has 2 N–H and O–H groups in total. The fourth-order valence-electron chi connectivity index (χ4n) is 2.07. The van der Waals surface area contributed by atoms with Crippen LogP contribution in [0.4, 0.5) is 0 Å². The van der Waals surface area contributed by atoms with Crippen molar-refractivity contribution in [3.8, 4) is 0 Å². The first-order valence-electron chi connectivity index (χ1n) is 7.01. The Morgan fingerprint density at radius 1 is 1.26 bits per heavy atom. The lowest BCUT2D eigenvalue weighted by Gasteiger charge is -2.22. The third-order valence-electron chi connectivity index (χ3n) is 3.21. The van der Waals surface area contributed by atoms with Crippen LogP contribution in [0.1, 0.15) is 52.1 Å². The molecule has 1 heterocycles. The second-order valence-corrected chi connectivity index (χ2v) is 5.09. The maximum absolute atomic E-state index is 12.0. The van der Waals surface area contributed by atoms with E-state index in [-0.39, 0.29) is 24.0 Å². The molecule has 0 fully saturated rings. The molecular formula is C15H25N3O. The van der Waals surface area contributed by atoms with Gasteiger partial charge in [-0.05, 0) is 44.9 Å². The molecule has 1 aromatic rings. The van der Waals surface area contributed by atoms with Crippen LogP contribution in [0.3, 0.4) is 0 Å². The maximum Gasteiger partial charge on any atom is 0.237 e. The molecule has 0 radical (unpaired) electrons. The highest BCUT2D eigenvalue weighted by atomic mass is 16.2. The van der Waals surface area contributed by atoms with Crippen molar-refractivity contribution in [1.29, 1.82) is 0 Å². The van der Waals surface area contributed by atoms with Crippen molar-refractivity contribution in [2.45, 2.75) is 58.7 Å². The fraction of sp³-hybridized carbons (Fsp3) is 0.600. The van der Waals surface area contributed by atoms with Crippen molar-refractivity contribution >= 4 is 5.91 Å². The minimum atomic E-state index is -0.206. The number of amides is 1. The van der Waals surface area contributed by atoms with E-state index in [1.54, 1.807) is 12.4 Å². The van der Waals surface area contributed by atoms with Crippen LogP contribution in [-0.2, 0) is 4.79 Å². The van der Waals surface area contributed by atoms with Gasteiger partial charge in [0.15, 0.2) is 0 Å². The standard InChI is InChI=1S/C15H25N3O/c1-5-6-11(2)17-15(19)13(4)18-12(3)14-7-9-16-10-8-14/h7-13,18H,5-6H2,1-4H3,(H,17,19)/t11?,12-,13?/m0/s1. The Balaban J connectivity index is 2.45. The maximum atomic E-state index is 12.0. The predicted octanol–water partition coefficient (Wildman–Crippen LogP) is 2.43. The molecule has 106 valence electrons. The van der Waals surface area contributed by atoms with Crippen LogP contribution in [0.15, 0.2) is 24.5 Å². The average Bonchev–Trinajstić information content (AvgIpc) is 2.39. The molecule has 1 amide bonds. The smallest absolute Gasteiger partial charge is 0.237 e. The summed E-state index contributed by atoms with van der Waals surface area (Å²) in [6, 6.07) is 4.08. The molecule has 0 aliphatic heterocycles. The number of rotatable bonds is 7. The summed E-state index contributed by atoms with van der Waals surface area (Å²) >= 11 is 0. The van der Waals surface area contributed by atoms with E-state index in [0.29, 0.717) is 0 Å². The molecule has 0 saturated carbocycles. The normalized spacial score (nSPS) is 15.6. The molecule has 2 unspecified atom stereocenters. The van der Waals surface area contributed by atoms with Crippen molar-refractivity contribution in [3.63, 3.8) is 0 Å². The Hall–Kier alpha value is -1.42. The summed E-state index contributed by atoms with van der Waals surface area (Å²) in [4.78, 5) is 16.0. The Labute approximate surface area is 116 Å². The van der Waals surface area contributed by atoms with Crippen molar-refractivity contribution in [3.05, 3.63) is 30.1 Å². The zero-order chi connectivity index (χ0) is 14.3. The van der Waals surface area contributed by atoms with E-state index in [4.69, 9.17) is 0 Å². The van der Waals surface area contributed by atoms with Gasteiger partial charge in [0.25, 0.3) is 0 Å². The quantitative estimate of drug-likeness (QED) is 0.794. The van der Waals surface area contributed by atoms with Gasteiger partial charge in [-0.2, -0.15) is 0 Å². The highest BCUT2D eigenvalue weighted by molar-refractivity contribution is 5.81. The summed E-state index contributed by atoms with van der Waals surface area (Å²) in [6.45, 7) is 8.11. The Bertz CT molecular complexity index is 380. The van der Waals surface area contributed by atoms with Crippen LogP contribution in [0, 0.1) is 0 Å². The number of hydrogen-bond donors (Lipinski definition) is 2. The number of nitrogens with one attached hydrogen (secondary N) is 2. The molecule has 1 rings (SSSR count). The number of pyridine rings is 1. The van der Waals surface area contributed by atoms with Gasteiger partial charge < -0.3 is 5.32 Å². The molecule has 0 aromatic carbocycles. The van der Waals surface area contributed by atoms with Crippen molar-refractivity contribution in [2.24, 2.45) is 0 Å². The Morgan fingerprint density at radius 2 is 1.89 bits per heavy atom. The molecule has 4 nitrogen and oxygen atoms in total. The van der Waals surface area contributed by atoms with E-state index in [2.05, 4.69) is 29.5 Å². The number of aromatic nitrogens is 1. The first-order valence-corrected chi connectivity index (χ1v) is 7.01. The molecule has 1 aromatic heterocycles. The SMILES string of the molecule is CCCC(C)NC(=O)C(C)N[C@@H](C)c1ccncc1. The Kier molecular flexibility index (Phi) is 6.50. The topological polar surface area (TPSA) is 54.0 Å². The third-order valence-corrected chi connectivity index (χ3v) is 3.21. The lowest BCUT2D eigenvalue weighted by Crippen LogP contribution is -2.46. The van der Waals surface area contributed by atoms with Crippen molar-refractivity contribution in [1.82, 2.24) is 15.6 Å². The van der Waals surface area contributed by atoms with Gasteiger partial charge in [-0.25, -0.2) is 0 Å². The van der Waals surface area contributed by atoms with E-state index >= 15 is 0 Å². The minimum Gasteiger partial charge on any atom is -0.352 e. The zero-order valence-electron chi connectivity index (χ0n) is 12.3. The lowest BCUT2D eigenvalue weighted by molar-refractivity contribution is -0.123. The van der Waals surface area contributed by atoms with Gasteiger partial charge in [0.2, 0.25) is 5.91 Å². The van der Waals surface area contributed by atoms with Crippen LogP contribution < -0.4 is 10.6 Å². The first-order chi connectivity index (χ1) is 9.04. The van der Waals surface area contributed by atoms with Crippen LogP contribution >= 0.6 is 0 Å². The van der Waals surface area contributed by atoms with Crippen LogP contribution in [-0.4, -0.2) is 23.0 Å². The summed E-state index contributed by atoms with van der Waals surface area (Å²) in [5.41, 5.74) is 1.14. The molecule has 19 heavy (non-hydrogen) atoms. The van der Waals surface area contributed by atoms with E-state index < -0.39 is 0 Å². The third kappa shape index (κ3) is 5.39. The zero-order valence-corrected chi connectivity index (χ0v) is 12.3. The summed E-state index contributed by atoms with van der Waals surface area (Å²) in [5, 5.41) is 6.33. The van der Waals surface area contributed by atoms with Crippen molar-refractivity contribution in [2.75, 3.05) is 0 Å². The molecular weight excluding hydrogens is 238 g/mol. The van der Waals surface area contributed by atoms with E-state index in [9.17, 15) is 4.79 Å². The van der Waals surface area contributed by atoms with Crippen LogP contribution in [0.2, 0.25) is 0 Å². The number of hydrogen-bond acceptors (Lipinski definition) is 3. The van der Waals surface area contributed by atoms with Gasteiger partial charge in [0, 0.05) is 24.5 Å². The Morgan fingerprint density at radius 3 is 2.47 bits per heavy atom. The highest BCUT2D eigenvalue weighted by Crippen LogP contribution is 2.11. The number of carbonyl (C=O) groups excluding carboxylic acids is 1. The molecule has 3 atom stereocenters. The van der Waals surface area contributed by atoms with E-state index in [1.807, 2.05) is 26.0 Å². The molecule has 0 spiro atoms.